The quantitative estimate of drug-likeness (QED) is 0.638. The first-order valence-corrected chi connectivity index (χ1v) is 9.22. The first kappa shape index (κ1) is 19.3. The molecule has 1 saturated heterocycles. The van der Waals surface area contributed by atoms with Crippen molar-refractivity contribution in [2.75, 3.05) is 33.2 Å². The molecule has 2 rings (SSSR count). The van der Waals surface area contributed by atoms with Crippen molar-refractivity contribution >= 4 is 11.9 Å². The van der Waals surface area contributed by atoms with E-state index in [1.54, 1.807) is 4.90 Å². The molecule has 5 nitrogen and oxygen atoms in total. The largest absolute Gasteiger partial charge is 0.357 e. The fourth-order valence-corrected chi connectivity index (χ4v) is 3.11. The number of likely N-dealkylation sites (tertiary alicyclic amines) is 1. The van der Waals surface area contributed by atoms with Crippen LogP contribution in [-0.4, -0.2) is 54.9 Å². The van der Waals surface area contributed by atoms with Gasteiger partial charge in [-0.15, -0.1) is 0 Å². The van der Waals surface area contributed by atoms with Gasteiger partial charge in [0, 0.05) is 39.6 Å². The summed E-state index contributed by atoms with van der Waals surface area (Å²) < 4.78 is 0. The van der Waals surface area contributed by atoms with Gasteiger partial charge in [0.2, 0.25) is 5.91 Å². The molecule has 1 amide bonds. The molecule has 1 fully saturated rings. The van der Waals surface area contributed by atoms with Gasteiger partial charge in [0.05, 0.1) is 6.54 Å². The van der Waals surface area contributed by atoms with Crippen LogP contribution < -0.4 is 5.32 Å². The van der Waals surface area contributed by atoms with Crippen LogP contribution in [0.15, 0.2) is 35.3 Å². The van der Waals surface area contributed by atoms with Crippen LogP contribution in [0.25, 0.3) is 0 Å². The molecule has 5 heteroatoms. The van der Waals surface area contributed by atoms with Crippen LogP contribution in [0.4, 0.5) is 0 Å². The maximum absolute atomic E-state index is 12.3. The Morgan fingerprint density at radius 3 is 2.64 bits per heavy atom. The first-order chi connectivity index (χ1) is 11.9. The Kier molecular flexibility index (Phi) is 6.85. The van der Waals surface area contributed by atoms with Gasteiger partial charge < -0.3 is 15.1 Å². The summed E-state index contributed by atoms with van der Waals surface area (Å²) in [7, 11) is 1.85. The number of benzene rings is 1. The van der Waals surface area contributed by atoms with E-state index in [2.05, 4.69) is 36.0 Å². The molecular formula is C20H32N4O. The monoisotopic (exact) mass is 344 g/mol. The smallest absolute Gasteiger partial charge is 0.224 e. The number of amides is 1. The van der Waals surface area contributed by atoms with E-state index in [-0.39, 0.29) is 5.91 Å². The van der Waals surface area contributed by atoms with Gasteiger partial charge >= 0.3 is 0 Å². The number of guanidine groups is 1. The molecule has 0 radical (unpaired) electrons. The Morgan fingerprint density at radius 2 is 2.04 bits per heavy atom. The predicted octanol–water partition coefficient (Wildman–Crippen LogP) is 2.73. The molecule has 1 heterocycles. The highest BCUT2D eigenvalue weighted by molar-refractivity contribution is 5.81. The lowest BCUT2D eigenvalue weighted by Crippen LogP contribution is -2.41. The van der Waals surface area contributed by atoms with Gasteiger partial charge in [-0.3, -0.25) is 9.79 Å². The van der Waals surface area contributed by atoms with Gasteiger partial charge in [0.25, 0.3) is 0 Å². The summed E-state index contributed by atoms with van der Waals surface area (Å²) in [6.07, 6.45) is 1.62. The Balaban J connectivity index is 1.85. The lowest BCUT2D eigenvalue weighted by Gasteiger charge is -2.24. The van der Waals surface area contributed by atoms with Crippen molar-refractivity contribution in [1.82, 2.24) is 15.1 Å². The highest BCUT2D eigenvalue weighted by Crippen LogP contribution is 2.28. The summed E-state index contributed by atoms with van der Waals surface area (Å²) in [5.41, 5.74) is 1.48. The number of carbonyl (C=O) groups excluding carboxylic acids is 1. The van der Waals surface area contributed by atoms with E-state index in [0.717, 1.165) is 31.2 Å². The topological polar surface area (TPSA) is 47.9 Å². The van der Waals surface area contributed by atoms with Crippen molar-refractivity contribution in [3.8, 4) is 0 Å². The van der Waals surface area contributed by atoms with Crippen LogP contribution in [0, 0.1) is 5.41 Å². The van der Waals surface area contributed by atoms with Gasteiger partial charge in [-0.1, -0.05) is 44.2 Å². The van der Waals surface area contributed by atoms with E-state index >= 15 is 0 Å². The van der Waals surface area contributed by atoms with E-state index in [9.17, 15) is 4.79 Å². The first-order valence-electron chi connectivity index (χ1n) is 9.22. The number of nitrogens with zero attached hydrogens (tertiary/aromatic N) is 3. The maximum atomic E-state index is 12.3. The zero-order valence-electron chi connectivity index (χ0n) is 16.1. The summed E-state index contributed by atoms with van der Waals surface area (Å²) in [6, 6.07) is 10.1. The normalized spacial score (nSPS) is 16.8. The van der Waals surface area contributed by atoms with Crippen molar-refractivity contribution in [2.24, 2.45) is 10.4 Å². The number of hydrogen-bond donors (Lipinski definition) is 1. The molecule has 1 aliphatic rings. The van der Waals surface area contributed by atoms with Crippen LogP contribution in [0.5, 0.6) is 0 Å². The van der Waals surface area contributed by atoms with E-state index in [4.69, 9.17) is 0 Å². The third-order valence-electron chi connectivity index (χ3n) is 4.59. The van der Waals surface area contributed by atoms with Crippen LogP contribution >= 0.6 is 0 Å². The molecule has 0 atom stereocenters. The highest BCUT2D eigenvalue weighted by Gasteiger charge is 2.30. The molecule has 1 aliphatic heterocycles. The van der Waals surface area contributed by atoms with Gasteiger partial charge in [-0.2, -0.15) is 0 Å². The summed E-state index contributed by atoms with van der Waals surface area (Å²) in [5, 5.41) is 3.36. The Labute approximate surface area is 152 Å². The van der Waals surface area contributed by atoms with Crippen molar-refractivity contribution in [3.05, 3.63) is 35.9 Å². The molecular weight excluding hydrogens is 312 g/mol. The van der Waals surface area contributed by atoms with E-state index < -0.39 is 0 Å². The fourth-order valence-electron chi connectivity index (χ4n) is 3.11. The molecule has 25 heavy (non-hydrogen) atoms. The molecule has 1 aromatic carbocycles. The van der Waals surface area contributed by atoms with Gasteiger partial charge in [-0.05, 0) is 24.3 Å². The highest BCUT2D eigenvalue weighted by atomic mass is 16.2. The zero-order chi connectivity index (χ0) is 18.3. The molecule has 1 N–H and O–H groups in total. The van der Waals surface area contributed by atoms with Gasteiger partial charge in [0.15, 0.2) is 5.96 Å². The molecule has 0 aromatic heterocycles. The van der Waals surface area contributed by atoms with Crippen molar-refractivity contribution in [2.45, 2.75) is 40.2 Å². The SMILES string of the molecule is CCNC(=NCCC(=O)N(C)Cc1ccccc1)N1CCC(C)(C)C1. The summed E-state index contributed by atoms with van der Waals surface area (Å²) >= 11 is 0. The van der Waals surface area contributed by atoms with E-state index in [0.29, 0.717) is 24.9 Å². The second kappa shape index (κ2) is 8.88. The minimum absolute atomic E-state index is 0.130. The number of aliphatic imine (C=N–C) groups is 1. The lowest BCUT2D eigenvalue weighted by atomic mass is 9.93. The molecule has 0 aliphatic carbocycles. The standard InChI is InChI=1S/C20H32N4O/c1-5-21-19(24-14-12-20(2,3)16-24)22-13-11-18(25)23(4)15-17-9-7-6-8-10-17/h6-10H,5,11-16H2,1-4H3,(H,21,22). The Morgan fingerprint density at radius 1 is 1.32 bits per heavy atom. The lowest BCUT2D eigenvalue weighted by molar-refractivity contribution is -0.130. The van der Waals surface area contributed by atoms with Crippen molar-refractivity contribution < 1.29 is 4.79 Å². The van der Waals surface area contributed by atoms with Crippen LogP contribution in [0.1, 0.15) is 39.2 Å². The maximum Gasteiger partial charge on any atom is 0.224 e. The Bertz CT molecular complexity index is 583. The zero-order valence-corrected chi connectivity index (χ0v) is 16.1. The summed E-state index contributed by atoms with van der Waals surface area (Å²) in [4.78, 5) is 21.1. The van der Waals surface area contributed by atoms with Gasteiger partial charge in [-0.25, -0.2) is 0 Å². The number of carbonyl (C=O) groups is 1. The third kappa shape index (κ3) is 6.07. The molecule has 0 spiro atoms. The predicted molar refractivity (Wildman–Crippen MR) is 103 cm³/mol. The van der Waals surface area contributed by atoms with E-state index in [1.165, 1.54) is 6.42 Å². The summed E-state index contributed by atoms with van der Waals surface area (Å²) in [5.74, 6) is 1.07. The van der Waals surface area contributed by atoms with Crippen molar-refractivity contribution in [1.29, 1.82) is 0 Å². The molecule has 1 aromatic rings. The third-order valence-corrected chi connectivity index (χ3v) is 4.59. The summed E-state index contributed by atoms with van der Waals surface area (Å²) in [6.45, 7) is 10.7. The molecule has 0 unspecified atom stereocenters. The molecule has 0 bridgehead atoms. The number of rotatable bonds is 6. The number of nitrogens with one attached hydrogen (secondary N) is 1. The van der Waals surface area contributed by atoms with Gasteiger partial charge in [0.1, 0.15) is 0 Å². The average molecular weight is 345 g/mol. The second-order valence-corrected chi connectivity index (χ2v) is 7.56. The minimum atomic E-state index is 0.130. The van der Waals surface area contributed by atoms with E-state index in [1.807, 2.05) is 37.4 Å². The molecule has 0 saturated carbocycles. The fraction of sp³-hybridized carbons (Fsp3) is 0.600. The molecule has 138 valence electrons. The van der Waals surface area contributed by atoms with Crippen molar-refractivity contribution in [3.63, 3.8) is 0 Å². The van der Waals surface area contributed by atoms with Crippen LogP contribution in [0.2, 0.25) is 0 Å². The van der Waals surface area contributed by atoms with Crippen LogP contribution in [-0.2, 0) is 11.3 Å². The van der Waals surface area contributed by atoms with Crippen LogP contribution in [0.3, 0.4) is 0 Å². The minimum Gasteiger partial charge on any atom is -0.357 e. The average Bonchev–Trinajstić information content (AvgIpc) is 2.94. The number of hydrogen-bond acceptors (Lipinski definition) is 2. The Hall–Kier alpha value is -2.04. The second-order valence-electron chi connectivity index (χ2n) is 7.56.